The van der Waals surface area contributed by atoms with Gasteiger partial charge in [-0.25, -0.2) is 0 Å². The smallest absolute Gasteiger partial charge is 0.323 e. The van der Waals surface area contributed by atoms with Gasteiger partial charge in [-0.2, -0.15) is 0 Å². The molecule has 1 aliphatic heterocycles. The molecule has 2 N–H and O–H groups in total. The van der Waals surface area contributed by atoms with Crippen molar-refractivity contribution in [2.45, 2.75) is 71.1 Å². The Morgan fingerprint density at radius 3 is 2.61 bits per heavy atom. The Kier molecular flexibility index (Phi) is 5.60. The average molecular weight is 256 g/mol. The van der Waals surface area contributed by atoms with E-state index in [0.29, 0.717) is 0 Å². The summed E-state index contributed by atoms with van der Waals surface area (Å²) in [5, 5.41) is 0. The molecule has 4 heteroatoms. The Hall–Kier alpha value is -0.610. The third-order valence-corrected chi connectivity index (χ3v) is 3.16. The highest BCUT2D eigenvalue weighted by Gasteiger charge is 2.37. The molecule has 0 spiro atoms. The predicted molar refractivity (Wildman–Crippen MR) is 73.3 cm³/mol. The summed E-state index contributed by atoms with van der Waals surface area (Å²) in [6.07, 6.45) is 4.24. The van der Waals surface area contributed by atoms with Crippen LogP contribution in [0.5, 0.6) is 0 Å². The Morgan fingerprint density at radius 2 is 2.06 bits per heavy atom. The zero-order valence-corrected chi connectivity index (χ0v) is 12.2. The summed E-state index contributed by atoms with van der Waals surface area (Å²) in [5.74, 6) is -0.119. The van der Waals surface area contributed by atoms with Gasteiger partial charge in [-0.3, -0.25) is 9.69 Å². The zero-order valence-electron chi connectivity index (χ0n) is 12.2. The summed E-state index contributed by atoms with van der Waals surface area (Å²) in [6.45, 7) is 9.66. The van der Waals surface area contributed by atoms with Crippen LogP contribution in [0.2, 0.25) is 0 Å². The van der Waals surface area contributed by atoms with Gasteiger partial charge in [0.15, 0.2) is 0 Å². The molecule has 0 radical (unpaired) electrons. The number of nitrogens with zero attached hydrogens (tertiary/aromatic N) is 1. The fourth-order valence-electron chi connectivity index (χ4n) is 2.37. The van der Waals surface area contributed by atoms with Gasteiger partial charge in [0.05, 0.1) is 0 Å². The molecule has 1 aliphatic rings. The van der Waals surface area contributed by atoms with E-state index in [1.165, 1.54) is 12.8 Å². The quantitative estimate of drug-likeness (QED) is 0.603. The fourth-order valence-corrected chi connectivity index (χ4v) is 2.37. The van der Waals surface area contributed by atoms with Crippen molar-refractivity contribution in [2.24, 2.45) is 5.73 Å². The van der Waals surface area contributed by atoms with Gasteiger partial charge < -0.3 is 10.5 Å². The summed E-state index contributed by atoms with van der Waals surface area (Å²) in [4.78, 5) is 14.3. The number of rotatable bonds is 5. The maximum Gasteiger partial charge on any atom is 0.323 e. The van der Waals surface area contributed by atoms with Crippen LogP contribution in [0.1, 0.15) is 53.4 Å². The normalized spacial score (nSPS) is 25.4. The van der Waals surface area contributed by atoms with Crippen LogP contribution in [-0.4, -0.2) is 41.6 Å². The van der Waals surface area contributed by atoms with E-state index in [0.717, 1.165) is 25.9 Å². The molecule has 0 aromatic heterocycles. The van der Waals surface area contributed by atoms with Crippen LogP contribution >= 0.6 is 0 Å². The largest absolute Gasteiger partial charge is 0.459 e. The van der Waals surface area contributed by atoms with Crippen molar-refractivity contribution in [3.8, 4) is 0 Å². The number of hydrogen-bond donors (Lipinski definition) is 1. The van der Waals surface area contributed by atoms with Gasteiger partial charge in [0.1, 0.15) is 11.6 Å². The van der Waals surface area contributed by atoms with Crippen molar-refractivity contribution in [2.75, 3.05) is 13.1 Å². The molecule has 0 amide bonds. The monoisotopic (exact) mass is 256 g/mol. The molecule has 1 fully saturated rings. The number of nitrogens with two attached hydrogens (primary N) is 1. The number of hydrogen-bond acceptors (Lipinski definition) is 4. The number of unbranched alkanes of at least 4 members (excludes halogenated alkanes) is 2. The predicted octanol–water partition coefficient (Wildman–Crippen LogP) is 1.92. The van der Waals surface area contributed by atoms with Crippen molar-refractivity contribution in [1.29, 1.82) is 0 Å². The second kappa shape index (κ2) is 6.53. The topological polar surface area (TPSA) is 55.6 Å². The van der Waals surface area contributed by atoms with Gasteiger partial charge in [-0.15, -0.1) is 0 Å². The molecule has 1 saturated heterocycles. The molecule has 2 unspecified atom stereocenters. The molecule has 18 heavy (non-hydrogen) atoms. The first kappa shape index (κ1) is 15.4. The molecular formula is C14H28N2O2. The Bertz CT molecular complexity index is 273. The molecule has 0 aliphatic carbocycles. The van der Waals surface area contributed by atoms with Crippen LogP contribution in [-0.2, 0) is 9.53 Å². The number of carbonyl (C=O) groups excluding carboxylic acids is 1. The second-order valence-electron chi connectivity index (χ2n) is 6.25. The lowest BCUT2D eigenvalue weighted by molar-refractivity contribution is -0.160. The molecular weight excluding hydrogens is 228 g/mol. The average Bonchev–Trinajstić information content (AvgIpc) is 2.58. The lowest BCUT2D eigenvalue weighted by Gasteiger charge is -2.27. The minimum Gasteiger partial charge on any atom is -0.459 e. The highest BCUT2D eigenvalue weighted by Crippen LogP contribution is 2.21. The van der Waals surface area contributed by atoms with Crippen molar-refractivity contribution < 1.29 is 9.53 Å². The van der Waals surface area contributed by atoms with Crippen LogP contribution in [0.3, 0.4) is 0 Å². The molecule has 0 aromatic rings. The van der Waals surface area contributed by atoms with E-state index in [1.54, 1.807) is 0 Å². The molecule has 0 aromatic carbocycles. The highest BCUT2D eigenvalue weighted by molar-refractivity contribution is 5.76. The second-order valence-corrected chi connectivity index (χ2v) is 6.25. The standard InChI is InChI=1S/C14H28N2O2/c1-5-6-7-8-16-10-11(15)9-12(16)13(17)18-14(2,3)4/h11-12H,5-10,15H2,1-4H3. The Balaban J connectivity index is 2.52. The first-order valence-electron chi connectivity index (χ1n) is 7.06. The minimum absolute atomic E-state index is 0.101. The summed E-state index contributed by atoms with van der Waals surface area (Å²) < 4.78 is 5.47. The van der Waals surface area contributed by atoms with Gasteiger partial charge in [0.2, 0.25) is 0 Å². The van der Waals surface area contributed by atoms with E-state index >= 15 is 0 Å². The highest BCUT2D eigenvalue weighted by atomic mass is 16.6. The van der Waals surface area contributed by atoms with E-state index in [-0.39, 0.29) is 18.1 Å². The van der Waals surface area contributed by atoms with Crippen molar-refractivity contribution in [3.63, 3.8) is 0 Å². The number of esters is 1. The minimum atomic E-state index is -0.418. The van der Waals surface area contributed by atoms with Crippen LogP contribution in [0.15, 0.2) is 0 Å². The van der Waals surface area contributed by atoms with Crippen molar-refractivity contribution in [1.82, 2.24) is 4.90 Å². The van der Waals surface area contributed by atoms with Gasteiger partial charge in [-0.05, 0) is 40.2 Å². The summed E-state index contributed by atoms with van der Waals surface area (Å²) >= 11 is 0. The summed E-state index contributed by atoms with van der Waals surface area (Å²) in [6, 6.07) is -0.0415. The van der Waals surface area contributed by atoms with E-state index in [4.69, 9.17) is 10.5 Å². The van der Waals surface area contributed by atoms with E-state index in [2.05, 4.69) is 11.8 Å². The molecule has 4 nitrogen and oxygen atoms in total. The molecule has 0 bridgehead atoms. The first-order valence-corrected chi connectivity index (χ1v) is 7.06. The van der Waals surface area contributed by atoms with Gasteiger partial charge in [0.25, 0.3) is 0 Å². The van der Waals surface area contributed by atoms with E-state index < -0.39 is 5.60 Å². The van der Waals surface area contributed by atoms with Crippen molar-refractivity contribution >= 4 is 5.97 Å². The van der Waals surface area contributed by atoms with Crippen molar-refractivity contribution in [3.05, 3.63) is 0 Å². The number of likely N-dealkylation sites (tertiary alicyclic amines) is 1. The van der Waals surface area contributed by atoms with Crippen LogP contribution in [0.25, 0.3) is 0 Å². The molecule has 1 rings (SSSR count). The third-order valence-electron chi connectivity index (χ3n) is 3.16. The van der Waals surface area contributed by atoms with E-state index in [9.17, 15) is 4.79 Å². The Labute approximate surface area is 111 Å². The molecule has 0 saturated carbocycles. The molecule has 106 valence electrons. The fraction of sp³-hybridized carbons (Fsp3) is 0.929. The molecule has 2 atom stereocenters. The van der Waals surface area contributed by atoms with Gasteiger partial charge >= 0.3 is 5.97 Å². The summed E-state index contributed by atoms with van der Waals surface area (Å²) in [5.41, 5.74) is 5.55. The number of carbonyl (C=O) groups is 1. The van der Waals surface area contributed by atoms with Gasteiger partial charge in [0, 0.05) is 12.6 Å². The lowest BCUT2D eigenvalue weighted by atomic mass is 10.1. The number of ether oxygens (including phenoxy) is 1. The maximum absolute atomic E-state index is 12.1. The zero-order chi connectivity index (χ0) is 13.8. The first-order chi connectivity index (χ1) is 8.33. The third kappa shape index (κ3) is 4.94. The van der Waals surface area contributed by atoms with Crippen LogP contribution < -0.4 is 5.73 Å². The SMILES string of the molecule is CCCCCN1CC(N)CC1C(=O)OC(C)(C)C. The van der Waals surface area contributed by atoms with Crippen LogP contribution in [0, 0.1) is 0 Å². The lowest BCUT2D eigenvalue weighted by Crippen LogP contribution is -2.40. The van der Waals surface area contributed by atoms with Gasteiger partial charge in [-0.1, -0.05) is 19.8 Å². The molecule has 1 heterocycles. The van der Waals surface area contributed by atoms with Crippen LogP contribution in [0.4, 0.5) is 0 Å². The Morgan fingerprint density at radius 1 is 1.39 bits per heavy atom. The summed E-state index contributed by atoms with van der Waals surface area (Å²) in [7, 11) is 0. The van der Waals surface area contributed by atoms with E-state index in [1.807, 2.05) is 20.8 Å². The maximum atomic E-state index is 12.1.